The molecule has 0 radical (unpaired) electrons. The van der Waals surface area contributed by atoms with Gasteiger partial charge in [-0.2, -0.15) is 0 Å². The fraction of sp³-hybridized carbons (Fsp3) is 0.133. The lowest BCUT2D eigenvalue weighted by molar-refractivity contribution is 0.102. The molecule has 0 heterocycles. The maximum Gasteiger partial charge on any atom is 0.259 e. The first-order valence-corrected chi connectivity index (χ1v) is 6.81. The van der Waals surface area contributed by atoms with E-state index in [2.05, 4.69) is 21.2 Å². The van der Waals surface area contributed by atoms with Gasteiger partial charge in [0, 0.05) is 15.8 Å². The van der Waals surface area contributed by atoms with Gasteiger partial charge in [0.05, 0.1) is 12.7 Å². The zero-order valence-corrected chi connectivity index (χ0v) is 12.8. The van der Waals surface area contributed by atoms with Crippen molar-refractivity contribution in [2.45, 2.75) is 6.92 Å². The molecule has 104 valence electrons. The van der Waals surface area contributed by atoms with E-state index in [4.69, 9.17) is 10.5 Å². The smallest absolute Gasteiger partial charge is 0.259 e. The predicted molar refractivity (Wildman–Crippen MR) is 84.2 cm³/mol. The van der Waals surface area contributed by atoms with Crippen LogP contribution < -0.4 is 15.8 Å². The van der Waals surface area contributed by atoms with Gasteiger partial charge in [0.2, 0.25) is 0 Å². The van der Waals surface area contributed by atoms with Crippen molar-refractivity contribution in [1.29, 1.82) is 0 Å². The second kappa shape index (κ2) is 5.96. The van der Waals surface area contributed by atoms with E-state index in [0.29, 0.717) is 17.0 Å². The van der Waals surface area contributed by atoms with Crippen LogP contribution in [0.3, 0.4) is 0 Å². The highest BCUT2D eigenvalue weighted by Gasteiger charge is 2.14. The Morgan fingerprint density at radius 3 is 2.70 bits per heavy atom. The SMILES string of the molecule is COc1ccc(N)cc1C(=O)Nc1cc(Br)ccc1C. The number of rotatable bonds is 3. The molecule has 0 spiro atoms. The normalized spacial score (nSPS) is 10.2. The lowest BCUT2D eigenvalue weighted by Gasteiger charge is -2.12. The number of amides is 1. The van der Waals surface area contributed by atoms with Crippen molar-refractivity contribution in [3.8, 4) is 5.75 Å². The molecule has 2 aromatic rings. The molecule has 0 unspecified atom stereocenters. The maximum atomic E-state index is 12.3. The minimum atomic E-state index is -0.254. The number of methoxy groups -OCH3 is 1. The number of aryl methyl sites for hydroxylation is 1. The van der Waals surface area contributed by atoms with Gasteiger partial charge >= 0.3 is 0 Å². The molecule has 0 aliphatic rings. The van der Waals surface area contributed by atoms with Crippen LogP contribution in [0.2, 0.25) is 0 Å². The summed E-state index contributed by atoms with van der Waals surface area (Å²) in [6.45, 7) is 1.93. The summed E-state index contributed by atoms with van der Waals surface area (Å²) in [6.07, 6.45) is 0. The van der Waals surface area contributed by atoms with Gasteiger partial charge in [-0.15, -0.1) is 0 Å². The molecule has 0 aliphatic carbocycles. The van der Waals surface area contributed by atoms with Gasteiger partial charge in [-0.1, -0.05) is 22.0 Å². The summed E-state index contributed by atoms with van der Waals surface area (Å²) in [7, 11) is 1.52. The lowest BCUT2D eigenvalue weighted by atomic mass is 10.1. The van der Waals surface area contributed by atoms with Gasteiger partial charge in [0.25, 0.3) is 5.91 Å². The van der Waals surface area contributed by atoms with E-state index in [1.54, 1.807) is 18.2 Å². The minimum Gasteiger partial charge on any atom is -0.496 e. The molecule has 0 saturated heterocycles. The van der Waals surface area contributed by atoms with E-state index in [-0.39, 0.29) is 5.91 Å². The summed E-state index contributed by atoms with van der Waals surface area (Å²) in [5.74, 6) is 0.236. The first-order valence-electron chi connectivity index (χ1n) is 6.02. The topological polar surface area (TPSA) is 64.3 Å². The van der Waals surface area contributed by atoms with Gasteiger partial charge in [-0.05, 0) is 42.8 Å². The van der Waals surface area contributed by atoms with Crippen LogP contribution in [0.15, 0.2) is 40.9 Å². The first-order chi connectivity index (χ1) is 9.51. The number of benzene rings is 2. The number of hydrogen-bond acceptors (Lipinski definition) is 3. The Labute approximate surface area is 126 Å². The van der Waals surface area contributed by atoms with Crippen LogP contribution >= 0.6 is 15.9 Å². The van der Waals surface area contributed by atoms with Gasteiger partial charge in [-0.3, -0.25) is 4.79 Å². The number of carbonyl (C=O) groups is 1. The number of carbonyl (C=O) groups excluding carboxylic acids is 1. The molecule has 0 saturated carbocycles. The van der Waals surface area contributed by atoms with E-state index in [9.17, 15) is 4.79 Å². The summed E-state index contributed by atoms with van der Waals surface area (Å²) in [5, 5.41) is 2.86. The third-order valence-electron chi connectivity index (χ3n) is 2.92. The summed E-state index contributed by atoms with van der Waals surface area (Å²) < 4.78 is 6.09. The fourth-order valence-corrected chi connectivity index (χ4v) is 2.18. The Hall–Kier alpha value is -2.01. The molecule has 5 heteroatoms. The highest BCUT2D eigenvalue weighted by Crippen LogP contribution is 2.25. The van der Waals surface area contributed by atoms with Gasteiger partial charge in [0.15, 0.2) is 0 Å². The number of nitrogens with two attached hydrogens (primary N) is 1. The van der Waals surface area contributed by atoms with Crippen LogP contribution in [0.4, 0.5) is 11.4 Å². The molecule has 4 nitrogen and oxygen atoms in total. The number of anilines is 2. The summed E-state index contributed by atoms with van der Waals surface area (Å²) in [5.41, 5.74) is 8.37. The van der Waals surface area contributed by atoms with E-state index in [1.165, 1.54) is 7.11 Å². The van der Waals surface area contributed by atoms with E-state index in [1.807, 2.05) is 25.1 Å². The second-order valence-electron chi connectivity index (χ2n) is 4.37. The second-order valence-corrected chi connectivity index (χ2v) is 5.29. The molecular formula is C15H15BrN2O2. The minimum absolute atomic E-state index is 0.254. The monoisotopic (exact) mass is 334 g/mol. The fourth-order valence-electron chi connectivity index (χ4n) is 1.82. The Bertz CT molecular complexity index is 656. The maximum absolute atomic E-state index is 12.3. The van der Waals surface area contributed by atoms with Crippen LogP contribution in [0, 0.1) is 6.92 Å². The zero-order chi connectivity index (χ0) is 14.7. The highest BCUT2D eigenvalue weighted by molar-refractivity contribution is 9.10. The van der Waals surface area contributed by atoms with E-state index < -0.39 is 0 Å². The first kappa shape index (κ1) is 14.4. The Morgan fingerprint density at radius 1 is 1.25 bits per heavy atom. The molecule has 0 aliphatic heterocycles. The molecule has 0 fully saturated rings. The Balaban J connectivity index is 2.32. The van der Waals surface area contributed by atoms with Crippen LogP contribution in [0.25, 0.3) is 0 Å². The van der Waals surface area contributed by atoms with Crippen molar-refractivity contribution >= 4 is 33.2 Å². The average molecular weight is 335 g/mol. The predicted octanol–water partition coefficient (Wildman–Crippen LogP) is 3.60. The van der Waals surface area contributed by atoms with Gasteiger partial charge in [0.1, 0.15) is 5.75 Å². The number of halogens is 1. The standard InChI is InChI=1S/C15H15BrN2O2/c1-9-3-4-10(16)7-13(9)18-15(19)12-8-11(17)5-6-14(12)20-2/h3-8H,17H2,1-2H3,(H,18,19). The number of hydrogen-bond donors (Lipinski definition) is 2. The molecule has 2 rings (SSSR count). The van der Waals surface area contributed by atoms with Crippen molar-refractivity contribution < 1.29 is 9.53 Å². The summed E-state index contributed by atoms with van der Waals surface area (Å²) >= 11 is 3.39. The van der Waals surface area contributed by atoms with Crippen molar-refractivity contribution in [2.75, 3.05) is 18.2 Å². The lowest BCUT2D eigenvalue weighted by Crippen LogP contribution is -2.14. The summed E-state index contributed by atoms with van der Waals surface area (Å²) in [6, 6.07) is 10.7. The van der Waals surface area contributed by atoms with Gasteiger partial charge in [-0.25, -0.2) is 0 Å². The third kappa shape index (κ3) is 3.11. The molecule has 20 heavy (non-hydrogen) atoms. The Morgan fingerprint density at radius 2 is 2.00 bits per heavy atom. The highest BCUT2D eigenvalue weighted by atomic mass is 79.9. The molecule has 0 bridgehead atoms. The number of nitrogens with one attached hydrogen (secondary N) is 1. The molecular weight excluding hydrogens is 320 g/mol. The zero-order valence-electron chi connectivity index (χ0n) is 11.2. The number of nitrogen functional groups attached to an aromatic ring is 1. The molecule has 2 aromatic carbocycles. The third-order valence-corrected chi connectivity index (χ3v) is 3.41. The van der Waals surface area contributed by atoms with E-state index in [0.717, 1.165) is 15.7 Å². The summed E-state index contributed by atoms with van der Waals surface area (Å²) in [4.78, 5) is 12.3. The van der Waals surface area contributed by atoms with Crippen LogP contribution in [-0.2, 0) is 0 Å². The van der Waals surface area contributed by atoms with Crippen LogP contribution in [0.5, 0.6) is 5.75 Å². The quantitative estimate of drug-likeness (QED) is 0.843. The molecule has 3 N–H and O–H groups in total. The van der Waals surface area contributed by atoms with Crippen molar-refractivity contribution in [3.05, 3.63) is 52.0 Å². The van der Waals surface area contributed by atoms with Gasteiger partial charge < -0.3 is 15.8 Å². The molecule has 0 atom stereocenters. The number of ether oxygens (including phenoxy) is 1. The average Bonchev–Trinajstić information content (AvgIpc) is 2.42. The Kier molecular flexibility index (Phi) is 4.29. The van der Waals surface area contributed by atoms with Crippen LogP contribution in [-0.4, -0.2) is 13.0 Å². The van der Waals surface area contributed by atoms with Crippen LogP contribution in [0.1, 0.15) is 15.9 Å². The van der Waals surface area contributed by atoms with Crippen molar-refractivity contribution in [2.24, 2.45) is 0 Å². The molecule has 1 amide bonds. The van der Waals surface area contributed by atoms with Crippen molar-refractivity contribution in [3.63, 3.8) is 0 Å². The largest absolute Gasteiger partial charge is 0.496 e. The van der Waals surface area contributed by atoms with Crippen molar-refractivity contribution in [1.82, 2.24) is 0 Å². The molecule has 0 aromatic heterocycles. The van der Waals surface area contributed by atoms with E-state index >= 15 is 0 Å².